The SMILES string of the molecule is CC1(CCO)Cc2ccccc2CN1. The number of hydrogen-bond acceptors (Lipinski definition) is 2. The number of aliphatic hydroxyl groups is 1. The van der Waals surface area contributed by atoms with E-state index in [-0.39, 0.29) is 12.1 Å². The molecule has 2 N–H and O–H groups in total. The lowest BCUT2D eigenvalue weighted by molar-refractivity contribution is 0.212. The third kappa shape index (κ3) is 1.81. The Morgan fingerprint density at radius 1 is 1.36 bits per heavy atom. The number of rotatable bonds is 2. The first-order valence-electron chi connectivity index (χ1n) is 5.16. The second kappa shape index (κ2) is 3.71. The molecule has 0 bridgehead atoms. The molecule has 0 saturated heterocycles. The van der Waals surface area contributed by atoms with Gasteiger partial charge in [-0.05, 0) is 30.9 Å². The lowest BCUT2D eigenvalue weighted by Crippen LogP contribution is -2.47. The van der Waals surface area contributed by atoms with E-state index in [4.69, 9.17) is 5.11 Å². The van der Waals surface area contributed by atoms with Crippen molar-refractivity contribution in [3.63, 3.8) is 0 Å². The molecule has 1 aliphatic rings. The minimum atomic E-state index is 0.0725. The fourth-order valence-corrected chi connectivity index (χ4v) is 2.12. The molecule has 2 heteroatoms. The van der Waals surface area contributed by atoms with Crippen molar-refractivity contribution < 1.29 is 5.11 Å². The summed E-state index contributed by atoms with van der Waals surface area (Å²) in [5, 5.41) is 12.5. The summed E-state index contributed by atoms with van der Waals surface area (Å²) >= 11 is 0. The highest BCUT2D eigenvalue weighted by molar-refractivity contribution is 5.31. The van der Waals surface area contributed by atoms with E-state index in [1.54, 1.807) is 0 Å². The number of hydrogen-bond donors (Lipinski definition) is 2. The molecule has 2 rings (SSSR count). The topological polar surface area (TPSA) is 32.3 Å². The first-order chi connectivity index (χ1) is 6.73. The number of nitrogens with one attached hydrogen (secondary N) is 1. The van der Waals surface area contributed by atoms with Gasteiger partial charge >= 0.3 is 0 Å². The van der Waals surface area contributed by atoms with Gasteiger partial charge in [0.2, 0.25) is 0 Å². The smallest absolute Gasteiger partial charge is 0.0448 e. The lowest BCUT2D eigenvalue weighted by atomic mass is 9.84. The van der Waals surface area contributed by atoms with Gasteiger partial charge in [-0.2, -0.15) is 0 Å². The Labute approximate surface area is 85.0 Å². The molecule has 1 aromatic rings. The maximum absolute atomic E-state index is 8.99. The fourth-order valence-electron chi connectivity index (χ4n) is 2.12. The van der Waals surface area contributed by atoms with Gasteiger partial charge in [0.15, 0.2) is 0 Å². The summed E-state index contributed by atoms with van der Waals surface area (Å²) in [6.07, 6.45) is 1.84. The van der Waals surface area contributed by atoms with E-state index in [1.165, 1.54) is 11.1 Å². The van der Waals surface area contributed by atoms with Gasteiger partial charge in [-0.15, -0.1) is 0 Å². The van der Waals surface area contributed by atoms with Gasteiger partial charge in [-0.1, -0.05) is 24.3 Å². The average molecular weight is 191 g/mol. The van der Waals surface area contributed by atoms with Crippen LogP contribution in [0.3, 0.4) is 0 Å². The van der Waals surface area contributed by atoms with Crippen LogP contribution in [0.1, 0.15) is 24.5 Å². The van der Waals surface area contributed by atoms with Crippen molar-refractivity contribution in [2.45, 2.75) is 31.8 Å². The van der Waals surface area contributed by atoms with E-state index in [9.17, 15) is 0 Å². The van der Waals surface area contributed by atoms with Crippen molar-refractivity contribution in [2.75, 3.05) is 6.61 Å². The van der Waals surface area contributed by atoms with Crippen molar-refractivity contribution in [3.8, 4) is 0 Å². The lowest BCUT2D eigenvalue weighted by Gasteiger charge is -2.36. The summed E-state index contributed by atoms with van der Waals surface area (Å²) in [6.45, 7) is 3.36. The molecule has 1 heterocycles. The number of fused-ring (bicyclic) bond motifs is 1. The van der Waals surface area contributed by atoms with E-state index in [2.05, 4.69) is 36.5 Å². The molecule has 1 atom stereocenters. The van der Waals surface area contributed by atoms with Crippen LogP contribution in [0.2, 0.25) is 0 Å². The van der Waals surface area contributed by atoms with E-state index in [1.807, 2.05) is 0 Å². The molecule has 0 aromatic heterocycles. The predicted molar refractivity (Wildman–Crippen MR) is 57.1 cm³/mol. The third-order valence-corrected chi connectivity index (χ3v) is 3.07. The molecule has 0 spiro atoms. The Kier molecular flexibility index (Phi) is 2.57. The minimum Gasteiger partial charge on any atom is -0.396 e. The molecular formula is C12H17NO. The molecule has 1 unspecified atom stereocenters. The van der Waals surface area contributed by atoms with Crippen LogP contribution in [-0.2, 0) is 13.0 Å². The van der Waals surface area contributed by atoms with Gasteiger partial charge in [0.25, 0.3) is 0 Å². The van der Waals surface area contributed by atoms with Crippen LogP contribution >= 0.6 is 0 Å². The second-order valence-corrected chi connectivity index (χ2v) is 4.33. The fraction of sp³-hybridized carbons (Fsp3) is 0.500. The first-order valence-corrected chi connectivity index (χ1v) is 5.16. The van der Waals surface area contributed by atoms with Gasteiger partial charge < -0.3 is 10.4 Å². The maximum atomic E-state index is 8.99. The van der Waals surface area contributed by atoms with Gasteiger partial charge in [-0.3, -0.25) is 0 Å². The Bertz CT molecular complexity index is 324. The molecule has 76 valence electrons. The Balaban J connectivity index is 2.20. The van der Waals surface area contributed by atoms with E-state index >= 15 is 0 Å². The first kappa shape index (κ1) is 9.69. The zero-order valence-electron chi connectivity index (χ0n) is 8.59. The summed E-state index contributed by atoms with van der Waals surface area (Å²) in [5.74, 6) is 0. The Hall–Kier alpha value is -0.860. The van der Waals surface area contributed by atoms with Gasteiger partial charge in [0, 0.05) is 18.7 Å². The van der Waals surface area contributed by atoms with Gasteiger partial charge in [-0.25, -0.2) is 0 Å². The van der Waals surface area contributed by atoms with Crippen LogP contribution in [0, 0.1) is 0 Å². The van der Waals surface area contributed by atoms with Crippen molar-refractivity contribution >= 4 is 0 Å². The standard InChI is InChI=1S/C12H17NO/c1-12(6-7-14)8-10-4-2-3-5-11(10)9-13-12/h2-5,13-14H,6-9H2,1H3. The van der Waals surface area contributed by atoms with Crippen LogP contribution in [-0.4, -0.2) is 17.3 Å². The minimum absolute atomic E-state index is 0.0725. The van der Waals surface area contributed by atoms with Crippen LogP contribution in [0.15, 0.2) is 24.3 Å². The summed E-state index contributed by atoms with van der Waals surface area (Å²) < 4.78 is 0. The van der Waals surface area contributed by atoms with Crippen LogP contribution in [0.25, 0.3) is 0 Å². The molecule has 0 amide bonds. The Morgan fingerprint density at radius 2 is 2.07 bits per heavy atom. The molecule has 0 fully saturated rings. The molecule has 1 aromatic carbocycles. The molecule has 14 heavy (non-hydrogen) atoms. The van der Waals surface area contributed by atoms with Crippen molar-refractivity contribution in [3.05, 3.63) is 35.4 Å². The summed E-state index contributed by atoms with van der Waals surface area (Å²) in [5.41, 5.74) is 2.88. The van der Waals surface area contributed by atoms with Crippen molar-refractivity contribution in [2.24, 2.45) is 0 Å². The molecular weight excluding hydrogens is 174 g/mol. The molecule has 1 aliphatic heterocycles. The summed E-state index contributed by atoms with van der Waals surface area (Å²) in [7, 11) is 0. The van der Waals surface area contributed by atoms with E-state index in [0.29, 0.717) is 0 Å². The summed E-state index contributed by atoms with van der Waals surface area (Å²) in [6, 6.07) is 8.52. The molecule has 2 nitrogen and oxygen atoms in total. The van der Waals surface area contributed by atoms with Gasteiger partial charge in [0.1, 0.15) is 0 Å². The quantitative estimate of drug-likeness (QED) is 0.742. The monoisotopic (exact) mass is 191 g/mol. The molecule has 0 saturated carbocycles. The third-order valence-electron chi connectivity index (χ3n) is 3.07. The van der Waals surface area contributed by atoms with Crippen molar-refractivity contribution in [1.29, 1.82) is 0 Å². The molecule has 0 radical (unpaired) electrons. The van der Waals surface area contributed by atoms with E-state index < -0.39 is 0 Å². The Morgan fingerprint density at radius 3 is 2.79 bits per heavy atom. The van der Waals surface area contributed by atoms with Crippen LogP contribution in [0.4, 0.5) is 0 Å². The van der Waals surface area contributed by atoms with E-state index in [0.717, 1.165) is 19.4 Å². The highest BCUT2D eigenvalue weighted by atomic mass is 16.3. The zero-order chi connectivity index (χ0) is 10.0. The number of aliphatic hydroxyl groups excluding tert-OH is 1. The number of benzene rings is 1. The highest BCUT2D eigenvalue weighted by Crippen LogP contribution is 2.24. The zero-order valence-corrected chi connectivity index (χ0v) is 8.59. The largest absolute Gasteiger partial charge is 0.396 e. The molecule has 0 aliphatic carbocycles. The average Bonchev–Trinajstić information content (AvgIpc) is 2.17. The predicted octanol–water partition coefficient (Wildman–Crippen LogP) is 1.47. The second-order valence-electron chi connectivity index (χ2n) is 4.33. The normalized spacial score (nSPS) is 25.9. The van der Waals surface area contributed by atoms with Crippen molar-refractivity contribution in [1.82, 2.24) is 5.32 Å². The summed E-state index contributed by atoms with van der Waals surface area (Å²) in [4.78, 5) is 0. The van der Waals surface area contributed by atoms with Crippen LogP contribution in [0.5, 0.6) is 0 Å². The van der Waals surface area contributed by atoms with Gasteiger partial charge in [0.05, 0.1) is 0 Å². The van der Waals surface area contributed by atoms with Crippen LogP contribution < -0.4 is 5.32 Å². The highest BCUT2D eigenvalue weighted by Gasteiger charge is 2.28. The maximum Gasteiger partial charge on any atom is 0.0448 e.